The summed E-state index contributed by atoms with van der Waals surface area (Å²) in [5, 5.41) is 19.0. The van der Waals surface area contributed by atoms with Gasteiger partial charge in [0.15, 0.2) is 6.10 Å². The maximum absolute atomic E-state index is 12.2. The van der Waals surface area contributed by atoms with Gasteiger partial charge in [0.25, 0.3) is 0 Å². The summed E-state index contributed by atoms with van der Waals surface area (Å²) in [7, 11) is 0. The Morgan fingerprint density at radius 2 is 1.85 bits per heavy atom. The predicted octanol–water partition coefficient (Wildman–Crippen LogP) is 2.24. The van der Waals surface area contributed by atoms with Crippen molar-refractivity contribution < 1.29 is 14.6 Å². The van der Waals surface area contributed by atoms with Crippen LogP contribution in [0.3, 0.4) is 0 Å². The van der Waals surface area contributed by atoms with E-state index in [1.807, 2.05) is 6.07 Å². The highest BCUT2D eigenvalue weighted by Gasteiger charge is 2.37. The number of carbonyl (C=O) groups excluding carboxylic acids is 1. The number of aliphatic hydroxyl groups excluding tert-OH is 1. The van der Waals surface area contributed by atoms with Crippen LogP contribution in [0, 0.1) is 11.3 Å². The molecule has 1 aliphatic rings. The van der Waals surface area contributed by atoms with E-state index in [4.69, 9.17) is 10.00 Å². The number of benzene rings is 2. The fourth-order valence-corrected chi connectivity index (χ4v) is 2.25. The molecule has 2 atom stereocenters. The average Bonchev–Trinajstić information content (AvgIpc) is 2.84. The van der Waals surface area contributed by atoms with Crippen LogP contribution in [0.5, 0.6) is 5.75 Å². The van der Waals surface area contributed by atoms with E-state index in [0.717, 1.165) is 0 Å². The van der Waals surface area contributed by atoms with Gasteiger partial charge in [-0.05, 0) is 29.8 Å². The van der Waals surface area contributed by atoms with Gasteiger partial charge >= 0.3 is 0 Å². The van der Waals surface area contributed by atoms with Crippen LogP contribution in [0.25, 0.3) is 0 Å². The molecule has 0 unspecified atom stereocenters. The number of aliphatic hydroxyl groups is 1. The molecule has 1 aliphatic heterocycles. The molecule has 0 bridgehead atoms. The molecule has 0 aliphatic carbocycles. The summed E-state index contributed by atoms with van der Waals surface area (Å²) < 4.78 is 5.53. The first-order chi connectivity index (χ1) is 9.70. The molecule has 3 rings (SSSR count). The zero-order chi connectivity index (χ0) is 14.1. The van der Waals surface area contributed by atoms with Crippen LogP contribution in [-0.2, 0) is 0 Å². The third-order valence-corrected chi connectivity index (χ3v) is 3.33. The average molecular weight is 265 g/mol. The van der Waals surface area contributed by atoms with E-state index in [9.17, 15) is 9.90 Å². The molecule has 4 heteroatoms. The minimum atomic E-state index is -1.05. The number of carbonyl (C=O) groups is 1. The standard InChI is InChI=1S/C16H11NO3/c17-9-10-5-7-11(8-6-10)14(18)16-15(19)12-3-1-2-4-13(12)20-16/h1-8,14,16,18H/t14-,16+/m0/s1. The summed E-state index contributed by atoms with van der Waals surface area (Å²) in [5.41, 5.74) is 1.54. The summed E-state index contributed by atoms with van der Waals surface area (Å²) in [4.78, 5) is 12.2. The van der Waals surface area contributed by atoms with Crippen LogP contribution in [0.4, 0.5) is 0 Å². The van der Waals surface area contributed by atoms with Crippen molar-refractivity contribution in [3.63, 3.8) is 0 Å². The van der Waals surface area contributed by atoms with E-state index in [2.05, 4.69) is 0 Å². The molecule has 98 valence electrons. The second-order valence-corrected chi connectivity index (χ2v) is 4.58. The van der Waals surface area contributed by atoms with Crippen LogP contribution in [0.2, 0.25) is 0 Å². The van der Waals surface area contributed by atoms with Crippen LogP contribution in [-0.4, -0.2) is 17.0 Å². The topological polar surface area (TPSA) is 70.3 Å². The minimum absolute atomic E-state index is 0.225. The molecule has 4 nitrogen and oxygen atoms in total. The van der Waals surface area contributed by atoms with Gasteiger partial charge in [-0.3, -0.25) is 4.79 Å². The molecule has 0 aromatic heterocycles. The van der Waals surface area contributed by atoms with Crippen molar-refractivity contribution in [1.29, 1.82) is 5.26 Å². The van der Waals surface area contributed by atoms with E-state index in [-0.39, 0.29) is 5.78 Å². The smallest absolute Gasteiger partial charge is 0.210 e. The Morgan fingerprint density at radius 1 is 1.15 bits per heavy atom. The molecule has 0 saturated heterocycles. The number of nitriles is 1. The Bertz CT molecular complexity index is 700. The van der Waals surface area contributed by atoms with E-state index >= 15 is 0 Å². The van der Waals surface area contributed by atoms with Crippen molar-refractivity contribution in [3.8, 4) is 11.8 Å². The Balaban J connectivity index is 1.87. The van der Waals surface area contributed by atoms with E-state index in [1.54, 1.807) is 48.5 Å². The van der Waals surface area contributed by atoms with Gasteiger partial charge in [-0.25, -0.2) is 0 Å². The van der Waals surface area contributed by atoms with Crippen molar-refractivity contribution in [2.24, 2.45) is 0 Å². The minimum Gasteiger partial charge on any atom is -0.478 e. The van der Waals surface area contributed by atoms with Gasteiger partial charge in [-0.1, -0.05) is 24.3 Å². The SMILES string of the molecule is N#Cc1ccc([C@H](O)[C@H]2Oc3ccccc3C2=O)cc1. The monoisotopic (exact) mass is 265 g/mol. The normalized spacial score (nSPS) is 18.0. The molecule has 0 fully saturated rings. The Morgan fingerprint density at radius 3 is 2.50 bits per heavy atom. The van der Waals surface area contributed by atoms with Gasteiger partial charge in [0.2, 0.25) is 5.78 Å². The Kier molecular flexibility index (Phi) is 2.97. The molecular formula is C16H11NO3. The highest BCUT2D eigenvalue weighted by atomic mass is 16.5. The molecule has 20 heavy (non-hydrogen) atoms. The number of hydrogen-bond donors (Lipinski definition) is 1. The molecule has 0 amide bonds. The van der Waals surface area contributed by atoms with Crippen LogP contribution in [0.15, 0.2) is 48.5 Å². The third kappa shape index (κ3) is 1.94. The number of nitrogens with zero attached hydrogens (tertiary/aromatic N) is 1. The van der Waals surface area contributed by atoms with Crippen molar-refractivity contribution in [2.45, 2.75) is 12.2 Å². The lowest BCUT2D eigenvalue weighted by atomic mass is 9.98. The predicted molar refractivity (Wildman–Crippen MR) is 71.3 cm³/mol. The highest BCUT2D eigenvalue weighted by molar-refractivity contribution is 6.04. The molecular weight excluding hydrogens is 254 g/mol. The number of hydrogen-bond acceptors (Lipinski definition) is 4. The number of para-hydroxylation sites is 1. The number of fused-ring (bicyclic) bond motifs is 1. The first-order valence-corrected chi connectivity index (χ1v) is 6.19. The van der Waals surface area contributed by atoms with E-state index in [1.165, 1.54) is 0 Å². The van der Waals surface area contributed by atoms with Gasteiger partial charge in [-0.2, -0.15) is 5.26 Å². The van der Waals surface area contributed by atoms with Crippen molar-refractivity contribution >= 4 is 5.78 Å². The largest absolute Gasteiger partial charge is 0.478 e. The highest BCUT2D eigenvalue weighted by Crippen LogP contribution is 2.33. The fourth-order valence-electron chi connectivity index (χ4n) is 2.25. The molecule has 2 aromatic rings. The Hall–Kier alpha value is -2.64. The molecule has 0 spiro atoms. The lowest BCUT2D eigenvalue weighted by Gasteiger charge is -2.17. The van der Waals surface area contributed by atoms with Crippen molar-refractivity contribution in [3.05, 3.63) is 65.2 Å². The molecule has 2 aromatic carbocycles. The maximum atomic E-state index is 12.2. The molecule has 1 heterocycles. The van der Waals surface area contributed by atoms with Gasteiger partial charge in [-0.15, -0.1) is 0 Å². The molecule has 1 N–H and O–H groups in total. The van der Waals surface area contributed by atoms with Crippen LogP contribution in [0.1, 0.15) is 27.6 Å². The summed E-state index contributed by atoms with van der Waals surface area (Å²) in [6, 6.07) is 15.4. The molecule has 0 radical (unpaired) electrons. The van der Waals surface area contributed by atoms with E-state index in [0.29, 0.717) is 22.4 Å². The third-order valence-electron chi connectivity index (χ3n) is 3.33. The van der Waals surface area contributed by atoms with E-state index < -0.39 is 12.2 Å². The number of ether oxygens (including phenoxy) is 1. The lowest BCUT2D eigenvalue weighted by Crippen LogP contribution is -2.28. The quantitative estimate of drug-likeness (QED) is 0.904. The molecule has 0 saturated carbocycles. The summed E-state index contributed by atoms with van der Waals surface area (Å²) in [6.45, 7) is 0. The fraction of sp³-hybridized carbons (Fsp3) is 0.125. The summed E-state index contributed by atoms with van der Waals surface area (Å²) in [6.07, 6.45) is -1.98. The summed E-state index contributed by atoms with van der Waals surface area (Å²) in [5.74, 6) is 0.271. The lowest BCUT2D eigenvalue weighted by molar-refractivity contribution is 0.0407. The summed E-state index contributed by atoms with van der Waals surface area (Å²) >= 11 is 0. The van der Waals surface area contributed by atoms with Gasteiger partial charge in [0.1, 0.15) is 11.9 Å². The van der Waals surface area contributed by atoms with Gasteiger partial charge < -0.3 is 9.84 Å². The first-order valence-electron chi connectivity index (χ1n) is 6.19. The first kappa shape index (κ1) is 12.4. The van der Waals surface area contributed by atoms with Gasteiger partial charge in [0, 0.05) is 0 Å². The van der Waals surface area contributed by atoms with Crippen molar-refractivity contribution in [1.82, 2.24) is 0 Å². The number of rotatable bonds is 2. The van der Waals surface area contributed by atoms with Gasteiger partial charge in [0.05, 0.1) is 17.2 Å². The number of Topliss-reactive ketones (excluding diaryl/α,β-unsaturated/α-hetero) is 1. The van der Waals surface area contributed by atoms with Crippen LogP contribution >= 0.6 is 0 Å². The number of ketones is 1. The zero-order valence-corrected chi connectivity index (χ0v) is 10.5. The second kappa shape index (κ2) is 4.80. The van der Waals surface area contributed by atoms with Crippen LogP contribution < -0.4 is 4.74 Å². The zero-order valence-electron chi connectivity index (χ0n) is 10.5. The maximum Gasteiger partial charge on any atom is 0.210 e. The second-order valence-electron chi connectivity index (χ2n) is 4.58. The Labute approximate surface area is 115 Å². The van der Waals surface area contributed by atoms with Crippen molar-refractivity contribution in [2.75, 3.05) is 0 Å².